The summed E-state index contributed by atoms with van der Waals surface area (Å²) in [6.45, 7) is 9.37. The molecule has 8 heteroatoms. The van der Waals surface area contributed by atoms with Gasteiger partial charge in [0, 0.05) is 18.7 Å². The predicted molar refractivity (Wildman–Crippen MR) is 115 cm³/mol. The van der Waals surface area contributed by atoms with Crippen molar-refractivity contribution in [3.8, 4) is 5.75 Å². The van der Waals surface area contributed by atoms with Gasteiger partial charge in [0.05, 0.1) is 0 Å². The monoisotopic (exact) mass is 421 g/mol. The number of carbonyl (C=O) groups excluding carboxylic acids is 3. The molecule has 0 spiro atoms. The van der Waals surface area contributed by atoms with Gasteiger partial charge >= 0.3 is 6.09 Å². The molecule has 0 aromatic heterocycles. The summed E-state index contributed by atoms with van der Waals surface area (Å²) < 4.78 is 5.15. The van der Waals surface area contributed by atoms with E-state index in [1.807, 2.05) is 0 Å². The number of para-hydroxylation sites is 1. The second-order valence-electron chi connectivity index (χ2n) is 7.99. The number of unbranched alkanes of at least 4 members (excludes halogenated alkanes) is 2. The Morgan fingerprint density at radius 1 is 1.10 bits per heavy atom. The first-order valence-corrected chi connectivity index (χ1v) is 10.4. The number of phenols is 1. The highest BCUT2D eigenvalue weighted by atomic mass is 16.6. The average molecular weight is 422 g/mol. The lowest BCUT2D eigenvalue weighted by Crippen LogP contribution is -2.47. The summed E-state index contributed by atoms with van der Waals surface area (Å²) in [4.78, 5) is 39.0. The Labute approximate surface area is 179 Å². The topological polar surface area (TPSA) is 108 Å². The second-order valence-corrected chi connectivity index (χ2v) is 7.99. The number of rotatable bonds is 10. The molecule has 0 aliphatic carbocycles. The number of amides is 3. The minimum atomic E-state index is -1.01. The third-order valence-electron chi connectivity index (χ3n) is 4.31. The SMILES string of the molecule is CCCCCNC(=O)C(c1ccccc1O)N(CC)C(=O)CNC(=O)OC(C)(C)C. The van der Waals surface area contributed by atoms with Crippen molar-refractivity contribution in [3.05, 3.63) is 29.8 Å². The van der Waals surface area contributed by atoms with Gasteiger partial charge < -0.3 is 25.4 Å². The Morgan fingerprint density at radius 2 is 1.77 bits per heavy atom. The molecule has 1 atom stereocenters. The molecule has 30 heavy (non-hydrogen) atoms. The predicted octanol–water partition coefficient (Wildman–Crippen LogP) is 3.11. The summed E-state index contributed by atoms with van der Waals surface area (Å²) in [6.07, 6.45) is 2.12. The molecule has 1 unspecified atom stereocenters. The van der Waals surface area contributed by atoms with E-state index in [9.17, 15) is 19.5 Å². The van der Waals surface area contributed by atoms with Crippen LogP contribution >= 0.6 is 0 Å². The number of hydrogen-bond acceptors (Lipinski definition) is 5. The number of ether oxygens (including phenoxy) is 1. The Balaban J connectivity index is 2.99. The van der Waals surface area contributed by atoms with Crippen LogP contribution in [0.15, 0.2) is 24.3 Å². The van der Waals surface area contributed by atoms with Crippen molar-refractivity contribution >= 4 is 17.9 Å². The van der Waals surface area contributed by atoms with E-state index in [-0.39, 0.29) is 24.7 Å². The van der Waals surface area contributed by atoms with Crippen LogP contribution < -0.4 is 10.6 Å². The molecule has 1 aromatic carbocycles. The number of likely N-dealkylation sites (N-methyl/N-ethyl adjacent to an activating group) is 1. The van der Waals surface area contributed by atoms with E-state index in [1.165, 1.54) is 11.0 Å². The molecule has 0 fully saturated rings. The number of benzene rings is 1. The fourth-order valence-corrected chi connectivity index (χ4v) is 2.92. The van der Waals surface area contributed by atoms with Gasteiger partial charge in [-0.15, -0.1) is 0 Å². The average Bonchev–Trinajstić information content (AvgIpc) is 2.67. The quantitative estimate of drug-likeness (QED) is 0.503. The number of nitrogens with zero attached hydrogens (tertiary/aromatic N) is 1. The first kappa shape index (κ1) is 25.3. The lowest BCUT2D eigenvalue weighted by Gasteiger charge is -2.31. The number of hydrogen-bond donors (Lipinski definition) is 3. The number of phenolic OH excluding ortho intramolecular Hbond substituents is 1. The van der Waals surface area contributed by atoms with E-state index in [2.05, 4.69) is 17.6 Å². The van der Waals surface area contributed by atoms with Crippen LogP contribution in [0.3, 0.4) is 0 Å². The summed E-state index contributed by atoms with van der Waals surface area (Å²) in [5.41, 5.74) is -0.355. The van der Waals surface area contributed by atoms with E-state index in [4.69, 9.17) is 4.74 Å². The molecule has 0 heterocycles. The molecule has 0 saturated heterocycles. The van der Waals surface area contributed by atoms with Crippen LogP contribution in [0.2, 0.25) is 0 Å². The van der Waals surface area contributed by atoms with Crippen LogP contribution in [0.5, 0.6) is 5.75 Å². The Hall–Kier alpha value is -2.77. The zero-order valence-corrected chi connectivity index (χ0v) is 18.7. The smallest absolute Gasteiger partial charge is 0.408 e. The lowest BCUT2D eigenvalue weighted by molar-refractivity contribution is -0.140. The van der Waals surface area contributed by atoms with Crippen LogP contribution in [-0.2, 0) is 14.3 Å². The molecule has 0 radical (unpaired) electrons. The molecule has 168 valence electrons. The lowest BCUT2D eigenvalue weighted by atomic mass is 10.0. The highest BCUT2D eigenvalue weighted by Gasteiger charge is 2.32. The summed E-state index contributed by atoms with van der Waals surface area (Å²) in [7, 11) is 0. The van der Waals surface area contributed by atoms with Crippen molar-refractivity contribution in [2.45, 2.75) is 65.5 Å². The van der Waals surface area contributed by atoms with Gasteiger partial charge in [0.1, 0.15) is 23.9 Å². The van der Waals surface area contributed by atoms with Gasteiger partial charge in [0.2, 0.25) is 11.8 Å². The van der Waals surface area contributed by atoms with E-state index in [1.54, 1.807) is 45.9 Å². The summed E-state index contributed by atoms with van der Waals surface area (Å²) in [5.74, 6) is -0.905. The second kappa shape index (κ2) is 12.0. The molecule has 3 amide bonds. The van der Waals surface area contributed by atoms with E-state index in [0.29, 0.717) is 12.1 Å². The largest absolute Gasteiger partial charge is 0.508 e. The number of alkyl carbamates (subject to hydrolysis) is 1. The Morgan fingerprint density at radius 3 is 2.33 bits per heavy atom. The Bertz CT molecular complexity index is 715. The molecule has 1 rings (SSSR count). The van der Waals surface area contributed by atoms with Gasteiger partial charge in [0.15, 0.2) is 0 Å². The third kappa shape index (κ3) is 8.31. The van der Waals surface area contributed by atoms with Crippen LogP contribution in [0, 0.1) is 0 Å². The normalized spacial score (nSPS) is 12.0. The highest BCUT2D eigenvalue weighted by molar-refractivity contribution is 5.90. The van der Waals surface area contributed by atoms with Gasteiger partial charge in [-0.3, -0.25) is 9.59 Å². The molecular weight excluding hydrogens is 386 g/mol. The first-order valence-electron chi connectivity index (χ1n) is 10.4. The van der Waals surface area contributed by atoms with Crippen molar-refractivity contribution in [2.24, 2.45) is 0 Å². The van der Waals surface area contributed by atoms with Crippen molar-refractivity contribution in [2.75, 3.05) is 19.6 Å². The first-order chi connectivity index (χ1) is 14.1. The van der Waals surface area contributed by atoms with Crippen molar-refractivity contribution in [3.63, 3.8) is 0 Å². The summed E-state index contributed by atoms with van der Waals surface area (Å²) >= 11 is 0. The zero-order valence-electron chi connectivity index (χ0n) is 18.7. The van der Waals surface area contributed by atoms with Crippen LogP contribution in [-0.4, -0.2) is 53.1 Å². The Kier molecular flexibility index (Phi) is 10.1. The molecule has 1 aromatic rings. The van der Waals surface area contributed by atoms with E-state index in [0.717, 1.165) is 19.3 Å². The van der Waals surface area contributed by atoms with Gasteiger partial charge in [-0.25, -0.2) is 4.79 Å². The third-order valence-corrected chi connectivity index (χ3v) is 4.31. The van der Waals surface area contributed by atoms with Crippen LogP contribution in [0.25, 0.3) is 0 Å². The maximum atomic E-state index is 13.0. The van der Waals surface area contributed by atoms with Gasteiger partial charge in [-0.1, -0.05) is 38.0 Å². The van der Waals surface area contributed by atoms with Crippen molar-refractivity contribution < 1.29 is 24.2 Å². The van der Waals surface area contributed by atoms with Crippen molar-refractivity contribution in [1.29, 1.82) is 0 Å². The van der Waals surface area contributed by atoms with Crippen LogP contribution in [0.4, 0.5) is 4.79 Å². The van der Waals surface area contributed by atoms with Gasteiger partial charge in [-0.2, -0.15) is 0 Å². The molecule has 0 saturated carbocycles. The molecule has 0 aliphatic heterocycles. The number of nitrogens with one attached hydrogen (secondary N) is 2. The van der Waals surface area contributed by atoms with Gasteiger partial charge in [-0.05, 0) is 40.2 Å². The fourth-order valence-electron chi connectivity index (χ4n) is 2.92. The molecule has 8 nitrogen and oxygen atoms in total. The van der Waals surface area contributed by atoms with E-state index < -0.39 is 23.6 Å². The fraction of sp³-hybridized carbons (Fsp3) is 0.591. The number of carbonyl (C=O) groups is 3. The summed E-state index contributed by atoms with van der Waals surface area (Å²) in [5, 5.41) is 15.6. The minimum Gasteiger partial charge on any atom is -0.508 e. The highest BCUT2D eigenvalue weighted by Crippen LogP contribution is 2.29. The molecule has 0 aliphatic rings. The maximum Gasteiger partial charge on any atom is 0.408 e. The summed E-state index contributed by atoms with van der Waals surface area (Å²) in [6, 6.07) is 5.43. The number of aromatic hydroxyl groups is 1. The molecule has 0 bridgehead atoms. The standard InChI is InChI=1S/C22H35N3O5/c1-6-8-11-14-23-20(28)19(16-12-9-10-13-17(16)26)25(7-2)18(27)15-24-21(29)30-22(3,4)5/h9-10,12-13,19,26H,6-8,11,14-15H2,1-5H3,(H,23,28)(H,24,29). The maximum absolute atomic E-state index is 13.0. The minimum absolute atomic E-state index is 0.0717. The molecular formula is C22H35N3O5. The zero-order chi connectivity index (χ0) is 22.7. The van der Waals surface area contributed by atoms with E-state index >= 15 is 0 Å². The van der Waals surface area contributed by atoms with Crippen molar-refractivity contribution in [1.82, 2.24) is 15.5 Å². The van der Waals surface area contributed by atoms with Gasteiger partial charge in [0.25, 0.3) is 0 Å². The van der Waals surface area contributed by atoms with Crippen LogP contribution in [0.1, 0.15) is 65.5 Å². The molecule has 3 N–H and O–H groups in total.